The highest BCUT2D eigenvalue weighted by Crippen LogP contribution is 2.22. The Morgan fingerprint density at radius 1 is 1.08 bits per heavy atom. The van der Waals surface area contributed by atoms with Gasteiger partial charge in [0.15, 0.2) is 0 Å². The molecule has 6 heteroatoms. The lowest BCUT2D eigenvalue weighted by molar-refractivity contribution is 0.263. The molecule has 2 N–H and O–H groups in total. The number of nitrogens with one attached hydrogen (secondary N) is 1. The third kappa shape index (κ3) is 4.20. The minimum Gasteiger partial charge on any atom is -0.419 e. The maximum Gasteiger partial charge on any atom is 0.247 e. The molecule has 0 aliphatic carbocycles. The minimum absolute atomic E-state index is 0.0257. The number of benzene rings is 2. The number of rotatable bonds is 7. The van der Waals surface area contributed by atoms with Gasteiger partial charge in [0.2, 0.25) is 11.8 Å². The van der Waals surface area contributed by atoms with Gasteiger partial charge in [0.1, 0.15) is 0 Å². The normalized spacial score (nSPS) is 12.2. The molecule has 124 valence electrons. The predicted molar refractivity (Wildman–Crippen MR) is 92.5 cm³/mol. The minimum atomic E-state index is 0.0257. The van der Waals surface area contributed by atoms with Gasteiger partial charge in [-0.25, -0.2) is 0 Å². The zero-order chi connectivity index (χ0) is 16.8. The Kier molecular flexibility index (Phi) is 5.59. The number of halogens is 1. The zero-order valence-corrected chi connectivity index (χ0v) is 13.8. The van der Waals surface area contributed by atoms with E-state index in [9.17, 15) is 5.11 Å². The molecule has 0 amide bonds. The summed E-state index contributed by atoms with van der Waals surface area (Å²) in [6, 6.07) is 17.3. The first-order valence-electron chi connectivity index (χ1n) is 7.74. The summed E-state index contributed by atoms with van der Waals surface area (Å²) < 4.78 is 5.68. The van der Waals surface area contributed by atoms with Crippen LogP contribution in [0.3, 0.4) is 0 Å². The van der Waals surface area contributed by atoms with Gasteiger partial charge in [-0.2, -0.15) is 0 Å². The number of nitrogens with zero attached hydrogens (tertiary/aromatic N) is 2. The Morgan fingerprint density at radius 3 is 2.67 bits per heavy atom. The maximum absolute atomic E-state index is 9.27. The van der Waals surface area contributed by atoms with Crippen LogP contribution < -0.4 is 5.32 Å². The van der Waals surface area contributed by atoms with Gasteiger partial charge in [-0.3, -0.25) is 0 Å². The molecule has 1 unspecified atom stereocenters. The topological polar surface area (TPSA) is 71.2 Å². The van der Waals surface area contributed by atoms with Crippen LogP contribution in [-0.4, -0.2) is 21.9 Å². The summed E-state index contributed by atoms with van der Waals surface area (Å²) in [6.07, 6.45) is 0.610. The Hall–Kier alpha value is -2.21. The second-order valence-electron chi connectivity index (χ2n) is 5.37. The van der Waals surface area contributed by atoms with Gasteiger partial charge in [-0.1, -0.05) is 48.0 Å². The van der Waals surface area contributed by atoms with Crippen molar-refractivity contribution in [2.45, 2.75) is 19.0 Å². The van der Waals surface area contributed by atoms with Crippen molar-refractivity contribution < 1.29 is 9.52 Å². The van der Waals surface area contributed by atoms with Crippen LogP contribution in [0, 0.1) is 0 Å². The number of aromatic nitrogens is 2. The summed E-state index contributed by atoms with van der Waals surface area (Å²) in [6.45, 7) is 0.525. The largest absolute Gasteiger partial charge is 0.419 e. The van der Waals surface area contributed by atoms with E-state index in [0.717, 1.165) is 11.1 Å². The molecule has 0 aliphatic heterocycles. The summed E-state index contributed by atoms with van der Waals surface area (Å²) >= 11 is 5.98. The molecule has 0 aliphatic rings. The number of hydrogen-bond donors (Lipinski definition) is 2. The molecule has 1 aromatic heterocycles. The first-order chi connectivity index (χ1) is 11.8. The molecule has 1 atom stereocenters. The van der Waals surface area contributed by atoms with E-state index in [-0.39, 0.29) is 12.6 Å². The molecular formula is C18H18ClN3O2. The van der Waals surface area contributed by atoms with E-state index < -0.39 is 0 Å². The molecule has 3 rings (SSSR count). The van der Waals surface area contributed by atoms with E-state index in [4.69, 9.17) is 16.0 Å². The standard InChI is InChI=1S/C18H18ClN3O2/c19-15-8-4-7-14(11-15)18-22-21-17(24-18)12-20-16(9-10-23)13-5-2-1-3-6-13/h1-8,11,16,20,23H,9-10,12H2. The van der Waals surface area contributed by atoms with Crippen molar-refractivity contribution in [3.05, 3.63) is 71.1 Å². The summed E-state index contributed by atoms with van der Waals surface area (Å²) in [5.41, 5.74) is 1.90. The first-order valence-corrected chi connectivity index (χ1v) is 8.11. The number of aliphatic hydroxyl groups excluding tert-OH is 1. The van der Waals surface area contributed by atoms with Gasteiger partial charge < -0.3 is 14.8 Å². The highest BCUT2D eigenvalue weighted by atomic mass is 35.5. The van der Waals surface area contributed by atoms with Gasteiger partial charge in [0, 0.05) is 23.2 Å². The molecule has 2 aromatic carbocycles. The lowest BCUT2D eigenvalue weighted by atomic mass is 10.0. The Labute approximate surface area is 145 Å². The molecular weight excluding hydrogens is 326 g/mol. The summed E-state index contributed by atoms with van der Waals surface area (Å²) in [5, 5.41) is 21.4. The average molecular weight is 344 g/mol. The van der Waals surface area contributed by atoms with E-state index in [1.54, 1.807) is 12.1 Å². The molecule has 0 bridgehead atoms. The molecule has 0 saturated heterocycles. The summed E-state index contributed by atoms with van der Waals surface area (Å²) in [4.78, 5) is 0. The van der Waals surface area contributed by atoms with Crippen molar-refractivity contribution in [3.8, 4) is 11.5 Å². The monoisotopic (exact) mass is 343 g/mol. The molecule has 0 radical (unpaired) electrons. The van der Waals surface area contributed by atoms with Crippen molar-refractivity contribution in [1.29, 1.82) is 0 Å². The Morgan fingerprint density at radius 2 is 1.92 bits per heavy atom. The van der Waals surface area contributed by atoms with E-state index in [2.05, 4.69) is 15.5 Å². The molecule has 0 spiro atoms. The maximum atomic E-state index is 9.27. The van der Waals surface area contributed by atoms with E-state index in [0.29, 0.717) is 29.8 Å². The predicted octanol–water partition coefficient (Wildman–Crippen LogP) is 3.60. The van der Waals surface area contributed by atoms with Crippen LogP contribution in [0.15, 0.2) is 59.0 Å². The zero-order valence-electron chi connectivity index (χ0n) is 13.0. The molecule has 24 heavy (non-hydrogen) atoms. The Bertz CT molecular complexity index is 777. The van der Waals surface area contributed by atoms with Gasteiger partial charge in [0.25, 0.3) is 0 Å². The number of hydrogen-bond acceptors (Lipinski definition) is 5. The van der Waals surface area contributed by atoms with Crippen molar-refractivity contribution in [1.82, 2.24) is 15.5 Å². The second-order valence-corrected chi connectivity index (χ2v) is 5.80. The Balaban J connectivity index is 1.68. The summed E-state index contributed by atoms with van der Waals surface area (Å²) in [5.74, 6) is 0.927. The summed E-state index contributed by atoms with van der Waals surface area (Å²) in [7, 11) is 0. The molecule has 3 aromatic rings. The van der Waals surface area contributed by atoms with E-state index in [1.807, 2.05) is 42.5 Å². The first kappa shape index (κ1) is 16.6. The fourth-order valence-corrected chi connectivity index (χ4v) is 2.67. The van der Waals surface area contributed by atoms with Crippen molar-refractivity contribution in [2.75, 3.05) is 6.61 Å². The van der Waals surface area contributed by atoms with Gasteiger partial charge >= 0.3 is 0 Å². The second kappa shape index (κ2) is 8.06. The lowest BCUT2D eigenvalue weighted by Gasteiger charge is -2.17. The van der Waals surface area contributed by atoms with Crippen LogP contribution in [0.25, 0.3) is 11.5 Å². The fraction of sp³-hybridized carbons (Fsp3) is 0.222. The third-order valence-electron chi connectivity index (χ3n) is 3.66. The van der Waals surface area contributed by atoms with E-state index >= 15 is 0 Å². The fourth-order valence-electron chi connectivity index (χ4n) is 2.47. The van der Waals surface area contributed by atoms with Crippen LogP contribution in [0.1, 0.15) is 23.9 Å². The van der Waals surface area contributed by atoms with Gasteiger partial charge in [-0.15, -0.1) is 10.2 Å². The van der Waals surface area contributed by atoms with Crippen LogP contribution in [0.2, 0.25) is 5.02 Å². The lowest BCUT2D eigenvalue weighted by Crippen LogP contribution is -2.22. The van der Waals surface area contributed by atoms with Gasteiger partial charge in [-0.05, 0) is 30.2 Å². The van der Waals surface area contributed by atoms with Crippen LogP contribution >= 0.6 is 11.6 Å². The quantitative estimate of drug-likeness (QED) is 0.685. The molecule has 5 nitrogen and oxygen atoms in total. The van der Waals surface area contributed by atoms with Crippen molar-refractivity contribution >= 4 is 11.6 Å². The van der Waals surface area contributed by atoms with Crippen LogP contribution in [0.4, 0.5) is 0 Å². The average Bonchev–Trinajstić information content (AvgIpc) is 3.08. The van der Waals surface area contributed by atoms with Crippen molar-refractivity contribution in [3.63, 3.8) is 0 Å². The van der Waals surface area contributed by atoms with Crippen molar-refractivity contribution in [2.24, 2.45) is 0 Å². The van der Waals surface area contributed by atoms with Gasteiger partial charge in [0.05, 0.1) is 6.54 Å². The molecule has 0 saturated carbocycles. The smallest absolute Gasteiger partial charge is 0.247 e. The SMILES string of the molecule is OCCC(NCc1nnc(-c2cccc(Cl)c2)o1)c1ccccc1. The number of aliphatic hydroxyl groups is 1. The molecule has 1 heterocycles. The van der Waals surface area contributed by atoms with Crippen LogP contribution in [-0.2, 0) is 6.54 Å². The highest BCUT2D eigenvalue weighted by molar-refractivity contribution is 6.30. The van der Waals surface area contributed by atoms with E-state index in [1.165, 1.54) is 0 Å². The third-order valence-corrected chi connectivity index (χ3v) is 3.89. The highest BCUT2D eigenvalue weighted by Gasteiger charge is 2.13. The molecule has 0 fully saturated rings. The van der Waals surface area contributed by atoms with Crippen LogP contribution in [0.5, 0.6) is 0 Å².